The second kappa shape index (κ2) is 5.60. The van der Waals surface area contributed by atoms with E-state index >= 15 is 0 Å². The van der Waals surface area contributed by atoms with Crippen molar-refractivity contribution in [3.8, 4) is 0 Å². The molecule has 110 valence electrons. The summed E-state index contributed by atoms with van der Waals surface area (Å²) >= 11 is 0. The van der Waals surface area contributed by atoms with Gasteiger partial charge in [0, 0.05) is 17.6 Å². The predicted octanol–water partition coefficient (Wildman–Crippen LogP) is 3.60. The Hall–Kier alpha value is -2.68. The van der Waals surface area contributed by atoms with Crippen LogP contribution in [0.4, 0.5) is 0 Å². The normalized spacial score (nSPS) is 15.0. The highest BCUT2D eigenvalue weighted by Crippen LogP contribution is 2.30. The molecule has 3 nitrogen and oxygen atoms in total. The molecular formula is C19H16O3. The van der Waals surface area contributed by atoms with Crippen LogP contribution in [-0.2, 0) is 11.2 Å². The van der Waals surface area contributed by atoms with Crippen LogP contribution in [-0.4, -0.2) is 18.9 Å². The number of esters is 1. The van der Waals surface area contributed by atoms with Gasteiger partial charge in [-0.2, -0.15) is 0 Å². The minimum absolute atomic E-state index is 0.0489. The summed E-state index contributed by atoms with van der Waals surface area (Å²) < 4.78 is 4.80. The Labute approximate surface area is 129 Å². The summed E-state index contributed by atoms with van der Waals surface area (Å²) in [4.78, 5) is 24.4. The van der Waals surface area contributed by atoms with E-state index in [-0.39, 0.29) is 5.78 Å². The van der Waals surface area contributed by atoms with Gasteiger partial charge in [-0.3, -0.25) is 4.79 Å². The second-order valence-corrected chi connectivity index (χ2v) is 5.36. The monoisotopic (exact) mass is 292 g/mol. The van der Waals surface area contributed by atoms with E-state index in [0.717, 1.165) is 16.7 Å². The van der Waals surface area contributed by atoms with E-state index < -0.39 is 5.97 Å². The number of allylic oxidation sites excluding steroid dienone is 1. The van der Waals surface area contributed by atoms with Gasteiger partial charge in [0.15, 0.2) is 5.78 Å². The molecule has 0 unspecified atom stereocenters. The minimum atomic E-state index is -0.397. The summed E-state index contributed by atoms with van der Waals surface area (Å²) in [5.74, 6) is -0.348. The van der Waals surface area contributed by atoms with Crippen LogP contribution in [0.25, 0.3) is 6.08 Å². The first-order valence-corrected chi connectivity index (χ1v) is 7.13. The van der Waals surface area contributed by atoms with Gasteiger partial charge in [0.1, 0.15) is 0 Å². The molecule has 0 amide bonds. The molecule has 0 aliphatic heterocycles. The highest BCUT2D eigenvalue weighted by atomic mass is 16.5. The predicted molar refractivity (Wildman–Crippen MR) is 85.0 cm³/mol. The van der Waals surface area contributed by atoms with Crippen LogP contribution >= 0.6 is 0 Å². The summed E-state index contributed by atoms with van der Waals surface area (Å²) in [5, 5.41) is 0. The maximum atomic E-state index is 12.6. The van der Waals surface area contributed by atoms with Crippen molar-refractivity contribution in [2.75, 3.05) is 7.11 Å². The van der Waals surface area contributed by atoms with Crippen molar-refractivity contribution in [1.29, 1.82) is 0 Å². The molecule has 0 fully saturated rings. The largest absolute Gasteiger partial charge is 0.465 e. The van der Waals surface area contributed by atoms with Gasteiger partial charge in [-0.05, 0) is 35.8 Å². The maximum Gasteiger partial charge on any atom is 0.338 e. The molecule has 0 bridgehead atoms. The molecule has 0 radical (unpaired) electrons. The average Bonchev–Trinajstić information content (AvgIpc) is 2.84. The van der Waals surface area contributed by atoms with Crippen LogP contribution in [0.1, 0.15) is 37.4 Å². The number of benzene rings is 2. The number of carbonyl (C=O) groups is 2. The van der Waals surface area contributed by atoms with Crippen LogP contribution in [0.15, 0.2) is 48.0 Å². The molecule has 0 saturated carbocycles. The Morgan fingerprint density at radius 1 is 1.14 bits per heavy atom. The molecule has 2 aromatic carbocycles. The molecule has 3 rings (SSSR count). The standard InChI is InChI=1S/C19H16O3/c1-12-6-5-8-14-11-15(18(20)17(12)14)10-13-7-3-4-9-16(13)19(21)22-2/h3-10H,11H2,1-2H3/b15-10-. The number of fused-ring (bicyclic) bond motifs is 1. The Morgan fingerprint density at radius 2 is 1.91 bits per heavy atom. The molecule has 2 aromatic rings. The smallest absolute Gasteiger partial charge is 0.338 e. The Bertz CT molecular complexity index is 800. The molecule has 0 heterocycles. The third-order valence-corrected chi connectivity index (χ3v) is 3.95. The third-order valence-electron chi connectivity index (χ3n) is 3.95. The van der Waals surface area contributed by atoms with E-state index in [1.54, 1.807) is 18.2 Å². The van der Waals surface area contributed by atoms with Gasteiger partial charge in [0.2, 0.25) is 0 Å². The fraction of sp³-hybridized carbons (Fsp3) is 0.158. The first-order chi connectivity index (χ1) is 10.6. The summed E-state index contributed by atoms with van der Waals surface area (Å²) in [5.41, 5.74) is 4.73. The van der Waals surface area contributed by atoms with E-state index in [1.807, 2.05) is 37.3 Å². The van der Waals surface area contributed by atoms with Crippen LogP contribution in [0.5, 0.6) is 0 Å². The number of methoxy groups -OCH3 is 1. The summed E-state index contributed by atoms with van der Waals surface area (Å²) in [6, 6.07) is 13.0. The summed E-state index contributed by atoms with van der Waals surface area (Å²) in [6.45, 7) is 1.95. The molecule has 0 spiro atoms. The number of carbonyl (C=O) groups excluding carboxylic acids is 2. The zero-order chi connectivity index (χ0) is 15.7. The zero-order valence-electron chi connectivity index (χ0n) is 12.6. The van der Waals surface area contributed by atoms with Gasteiger partial charge >= 0.3 is 5.97 Å². The Kier molecular flexibility index (Phi) is 3.63. The first kappa shape index (κ1) is 14.3. The molecule has 1 aliphatic carbocycles. The fourth-order valence-corrected chi connectivity index (χ4v) is 2.87. The SMILES string of the molecule is COC(=O)c1ccccc1/C=C1/Cc2cccc(C)c2C1=O. The van der Waals surface area contributed by atoms with Gasteiger partial charge in [-0.25, -0.2) is 4.79 Å². The van der Waals surface area contributed by atoms with Crippen molar-refractivity contribution >= 4 is 17.8 Å². The molecule has 0 atom stereocenters. The van der Waals surface area contributed by atoms with Gasteiger partial charge < -0.3 is 4.74 Å². The molecule has 1 aliphatic rings. The lowest BCUT2D eigenvalue weighted by Gasteiger charge is -2.04. The summed E-state index contributed by atoms with van der Waals surface area (Å²) in [7, 11) is 1.35. The molecule has 0 saturated heterocycles. The molecule has 22 heavy (non-hydrogen) atoms. The number of hydrogen-bond donors (Lipinski definition) is 0. The lowest BCUT2D eigenvalue weighted by Crippen LogP contribution is -2.04. The van der Waals surface area contributed by atoms with Gasteiger partial charge in [0.25, 0.3) is 0 Å². The second-order valence-electron chi connectivity index (χ2n) is 5.36. The summed E-state index contributed by atoms with van der Waals surface area (Å²) in [6.07, 6.45) is 2.40. The minimum Gasteiger partial charge on any atom is -0.465 e. The highest BCUT2D eigenvalue weighted by molar-refractivity contribution is 6.16. The van der Waals surface area contributed by atoms with E-state index in [4.69, 9.17) is 4.74 Å². The number of ketones is 1. The average molecular weight is 292 g/mol. The van der Waals surface area contributed by atoms with E-state index in [9.17, 15) is 9.59 Å². The van der Waals surface area contributed by atoms with Crippen LogP contribution in [0, 0.1) is 6.92 Å². The van der Waals surface area contributed by atoms with Gasteiger partial charge in [-0.15, -0.1) is 0 Å². The van der Waals surface area contributed by atoms with Gasteiger partial charge in [0.05, 0.1) is 12.7 Å². The van der Waals surface area contributed by atoms with Crippen molar-refractivity contribution in [3.05, 3.63) is 75.9 Å². The number of aryl methyl sites for hydroxylation is 1. The molecule has 3 heteroatoms. The molecule has 0 aromatic heterocycles. The van der Waals surface area contributed by atoms with E-state index in [2.05, 4.69) is 0 Å². The lowest BCUT2D eigenvalue weighted by atomic mass is 10.0. The highest BCUT2D eigenvalue weighted by Gasteiger charge is 2.26. The zero-order valence-corrected chi connectivity index (χ0v) is 12.6. The van der Waals surface area contributed by atoms with Crippen molar-refractivity contribution < 1.29 is 14.3 Å². The van der Waals surface area contributed by atoms with Gasteiger partial charge in [-0.1, -0.05) is 36.4 Å². The molecule has 0 N–H and O–H groups in total. The Morgan fingerprint density at radius 3 is 2.64 bits per heavy atom. The topological polar surface area (TPSA) is 43.4 Å². The number of hydrogen-bond acceptors (Lipinski definition) is 3. The van der Waals surface area contributed by atoms with E-state index in [1.165, 1.54) is 7.11 Å². The van der Waals surface area contributed by atoms with Crippen molar-refractivity contribution in [3.63, 3.8) is 0 Å². The lowest BCUT2D eigenvalue weighted by molar-refractivity contribution is 0.0600. The van der Waals surface area contributed by atoms with Crippen LogP contribution in [0.3, 0.4) is 0 Å². The number of Topliss-reactive ketones (excluding diaryl/α,β-unsaturated/α-hetero) is 1. The van der Waals surface area contributed by atoms with Crippen molar-refractivity contribution in [2.24, 2.45) is 0 Å². The van der Waals surface area contributed by atoms with E-state index in [0.29, 0.717) is 23.1 Å². The first-order valence-electron chi connectivity index (χ1n) is 7.13. The number of rotatable bonds is 2. The molecular weight excluding hydrogens is 276 g/mol. The third kappa shape index (κ3) is 2.35. The number of ether oxygens (including phenoxy) is 1. The van der Waals surface area contributed by atoms with Crippen LogP contribution < -0.4 is 0 Å². The quantitative estimate of drug-likeness (QED) is 0.627. The van der Waals surface area contributed by atoms with Crippen molar-refractivity contribution in [1.82, 2.24) is 0 Å². The Balaban J connectivity index is 2.04. The maximum absolute atomic E-state index is 12.6. The van der Waals surface area contributed by atoms with Crippen LogP contribution in [0.2, 0.25) is 0 Å². The van der Waals surface area contributed by atoms with Crippen molar-refractivity contribution in [2.45, 2.75) is 13.3 Å². The fourth-order valence-electron chi connectivity index (χ4n) is 2.87.